The zero-order valence-electron chi connectivity index (χ0n) is 14.6. The molecule has 1 aliphatic carbocycles. The monoisotopic (exact) mass is 361 g/mol. The van der Waals surface area contributed by atoms with Gasteiger partial charge in [-0.25, -0.2) is 4.99 Å². The molecule has 134 valence electrons. The molecule has 3 rings (SSSR count). The van der Waals surface area contributed by atoms with Gasteiger partial charge in [0.15, 0.2) is 5.17 Å². The minimum atomic E-state index is -0.413. The van der Waals surface area contributed by atoms with Crippen molar-refractivity contribution in [1.82, 2.24) is 14.7 Å². The number of rotatable bonds is 4. The fourth-order valence-electron chi connectivity index (χ4n) is 3.31. The average Bonchev–Trinajstić information content (AvgIpc) is 3.06. The smallest absolute Gasteiger partial charge is 0.278 e. The Bertz CT molecular complexity index is 746. The van der Waals surface area contributed by atoms with E-state index in [2.05, 4.69) is 10.1 Å². The van der Waals surface area contributed by atoms with E-state index in [1.54, 1.807) is 15.7 Å². The summed E-state index contributed by atoms with van der Waals surface area (Å²) in [6, 6.07) is 0.154. The second kappa shape index (κ2) is 7.43. The summed E-state index contributed by atoms with van der Waals surface area (Å²) in [6.07, 6.45) is 9.02. The summed E-state index contributed by atoms with van der Waals surface area (Å²) < 4.78 is 1.71. The Morgan fingerprint density at radius 2 is 2.12 bits per heavy atom. The third-order valence-electron chi connectivity index (χ3n) is 4.49. The Balaban J connectivity index is 1.89. The number of hydrogen-bond acceptors (Lipinski definition) is 5. The third kappa shape index (κ3) is 3.95. The molecule has 2 heterocycles. The second-order valence-corrected chi connectivity index (χ2v) is 7.43. The van der Waals surface area contributed by atoms with Gasteiger partial charge in [-0.15, -0.1) is 0 Å². The summed E-state index contributed by atoms with van der Waals surface area (Å²) in [7, 11) is 1.84. The first kappa shape index (κ1) is 17.7. The number of amides is 2. The number of thioether (sulfide) groups is 1. The highest BCUT2D eigenvalue weighted by atomic mass is 32.2. The van der Waals surface area contributed by atoms with Crippen molar-refractivity contribution in [1.29, 1.82) is 0 Å². The van der Waals surface area contributed by atoms with Gasteiger partial charge in [-0.05, 0) is 25.8 Å². The minimum absolute atomic E-state index is 0.0953. The van der Waals surface area contributed by atoms with Crippen LogP contribution in [0.5, 0.6) is 0 Å². The van der Waals surface area contributed by atoms with Crippen molar-refractivity contribution in [2.24, 2.45) is 17.8 Å². The van der Waals surface area contributed by atoms with Crippen LogP contribution in [-0.4, -0.2) is 43.5 Å². The lowest BCUT2D eigenvalue weighted by molar-refractivity contribution is -0.124. The van der Waals surface area contributed by atoms with Crippen LogP contribution < -0.4 is 5.73 Å². The molecule has 2 N–H and O–H groups in total. The Kier molecular flexibility index (Phi) is 5.27. The van der Waals surface area contributed by atoms with E-state index in [9.17, 15) is 9.59 Å². The van der Waals surface area contributed by atoms with Gasteiger partial charge in [0.05, 0.1) is 11.4 Å². The van der Waals surface area contributed by atoms with E-state index in [1.807, 2.05) is 20.2 Å². The summed E-state index contributed by atoms with van der Waals surface area (Å²) in [5.74, 6) is -0.388. The number of hydrogen-bond donors (Lipinski definition) is 1. The molecule has 0 bridgehead atoms. The molecule has 1 saturated carbocycles. The zero-order valence-corrected chi connectivity index (χ0v) is 15.4. The van der Waals surface area contributed by atoms with Crippen LogP contribution in [0.4, 0.5) is 0 Å². The zero-order chi connectivity index (χ0) is 18.0. The molecular formula is C17H23N5O2S. The summed E-state index contributed by atoms with van der Waals surface area (Å²) in [5, 5.41) is 4.88. The average molecular weight is 361 g/mol. The van der Waals surface area contributed by atoms with E-state index in [0.717, 1.165) is 36.9 Å². The van der Waals surface area contributed by atoms with Crippen LogP contribution in [0.25, 0.3) is 6.08 Å². The van der Waals surface area contributed by atoms with Crippen LogP contribution in [0.15, 0.2) is 16.9 Å². The Morgan fingerprint density at radius 1 is 1.40 bits per heavy atom. The van der Waals surface area contributed by atoms with E-state index in [-0.39, 0.29) is 17.7 Å². The molecule has 0 atom stereocenters. The number of nitrogens with zero attached hydrogens (tertiary/aromatic N) is 4. The van der Waals surface area contributed by atoms with Crippen LogP contribution >= 0.6 is 11.8 Å². The molecule has 25 heavy (non-hydrogen) atoms. The standard InChI is InChI=1S/C17H23N5O2S/c1-11-12(9-21(2)20-11)8-14-16(24)22(13-6-4-3-5-7-13)17(19-14)25-10-15(18)23/h8-9,13H,3-7,10H2,1-2H3,(H2,18,23). The number of aliphatic imine (C=N–C) groups is 1. The predicted molar refractivity (Wildman–Crippen MR) is 98.7 cm³/mol. The second-order valence-electron chi connectivity index (χ2n) is 6.49. The van der Waals surface area contributed by atoms with Gasteiger partial charge in [-0.2, -0.15) is 5.10 Å². The largest absolute Gasteiger partial charge is 0.369 e. The minimum Gasteiger partial charge on any atom is -0.369 e. The van der Waals surface area contributed by atoms with E-state index in [1.165, 1.54) is 18.2 Å². The van der Waals surface area contributed by atoms with Crippen molar-refractivity contribution in [3.05, 3.63) is 23.2 Å². The van der Waals surface area contributed by atoms with Gasteiger partial charge < -0.3 is 5.73 Å². The van der Waals surface area contributed by atoms with Crippen LogP contribution in [-0.2, 0) is 16.6 Å². The summed E-state index contributed by atoms with van der Waals surface area (Å²) in [6.45, 7) is 1.90. The molecule has 0 radical (unpaired) electrons. The summed E-state index contributed by atoms with van der Waals surface area (Å²) >= 11 is 1.24. The van der Waals surface area contributed by atoms with Crippen molar-refractivity contribution in [3.8, 4) is 0 Å². The topological polar surface area (TPSA) is 93.6 Å². The maximum atomic E-state index is 13.0. The quantitative estimate of drug-likeness (QED) is 0.828. The summed E-state index contributed by atoms with van der Waals surface area (Å²) in [4.78, 5) is 30.4. The van der Waals surface area contributed by atoms with Crippen molar-refractivity contribution in [3.63, 3.8) is 0 Å². The first-order valence-electron chi connectivity index (χ1n) is 8.51. The number of amidine groups is 1. The van der Waals surface area contributed by atoms with E-state index < -0.39 is 5.91 Å². The van der Waals surface area contributed by atoms with Crippen molar-refractivity contribution in [2.75, 3.05) is 5.75 Å². The predicted octanol–water partition coefficient (Wildman–Crippen LogP) is 1.82. The molecule has 2 amide bonds. The first-order valence-corrected chi connectivity index (χ1v) is 9.49. The fraction of sp³-hybridized carbons (Fsp3) is 0.529. The van der Waals surface area contributed by atoms with Gasteiger partial charge in [0.25, 0.3) is 5.91 Å². The van der Waals surface area contributed by atoms with Gasteiger partial charge in [-0.1, -0.05) is 31.0 Å². The molecule has 8 heteroatoms. The molecule has 0 aromatic carbocycles. The Hall–Kier alpha value is -2.09. The lowest BCUT2D eigenvalue weighted by Gasteiger charge is -2.31. The Morgan fingerprint density at radius 3 is 2.72 bits per heavy atom. The highest BCUT2D eigenvalue weighted by molar-refractivity contribution is 8.14. The van der Waals surface area contributed by atoms with Crippen LogP contribution in [0, 0.1) is 6.92 Å². The molecular weight excluding hydrogens is 338 g/mol. The van der Waals surface area contributed by atoms with Gasteiger partial charge in [0.1, 0.15) is 5.70 Å². The van der Waals surface area contributed by atoms with Crippen molar-refractivity contribution >= 4 is 34.8 Å². The number of carbonyl (C=O) groups excluding carboxylic acids is 2. The molecule has 2 aliphatic rings. The molecule has 1 fully saturated rings. The normalized spacial score (nSPS) is 20.4. The van der Waals surface area contributed by atoms with Crippen molar-refractivity contribution < 1.29 is 9.59 Å². The van der Waals surface area contributed by atoms with Gasteiger partial charge in [0, 0.05) is 24.8 Å². The van der Waals surface area contributed by atoms with E-state index >= 15 is 0 Å². The lowest BCUT2D eigenvalue weighted by Crippen LogP contribution is -2.41. The van der Waals surface area contributed by atoms with Crippen LogP contribution in [0.1, 0.15) is 43.4 Å². The van der Waals surface area contributed by atoms with Crippen LogP contribution in [0.2, 0.25) is 0 Å². The molecule has 7 nitrogen and oxygen atoms in total. The first-order chi connectivity index (χ1) is 12.0. The van der Waals surface area contributed by atoms with E-state index in [4.69, 9.17) is 5.73 Å². The SMILES string of the molecule is Cc1nn(C)cc1C=C1N=C(SCC(N)=O)N(C2CCCCC2)C1=O. The molecule has 1 aromatic rings. The van der Waals surface area contributed by atoms with Crippen LogP contribution in [0.3, 0.4) is 0 Å². The van der Waals surface area contributed by atoms with Gasteiger partial charge in [0.2, 0.25) is 5.91 Å². The Labute approximate surface area is 151 Å². The number of aryl methyl sites for hydroxylation is 2. The fourth-order valence-corrected chi connectivity index (χ4v) is 4.12. The molecule has 0 spiro atoms. The lowest BCUT2D eigenvalue weighted by atomic mass is 9.94. The molecule has 0 unspecified atom stereocenters. The number of carbonyl (C=O) groups is 2. The summed E-state index contributed by atoms with van der Waals surface area (Å²) in [5.41, 5.74) is 7.39. The molecule has 1 aromatic heterocycles. The maximum Gasteiger partial charge on any atom is 0.278 e. The third-order valence-corrected chi connectivity index (χ3v) is 5.46. The molecule has 0 saturated heterocycles. The highest BCUT2D eigenvalue weighted by Gasteiger charge is 2.36. The van der Waals surface area contributed by atoms with Crippen molar-refractivity contribution in [2.45, 2.75) is 45.1 Å². The number of nitrogens with two attached hydrogens (primary N) is 1. The maximum absolute atomic E-state index is 13.0. The number of primary amides is 1. The molecule has 1 aliphatic heterocycles. The van der Waals surface area contributed by atoms with E-state index in [0.29, 0.717) is 10.9 Å². The van der Waals surface area contributed by atoms with Gasteiger partial charge in [-0.3, -0.25) is 19.2 Å². The highest BCUT2D eigenvalue weighted by Crippen LogP contribution is 2.31. The number of aromatic nitrogens is 2. The van der Waals surface area contributed by atoms with Gasteiger partial charge >= 0.3 is 0 Å².